The van der Waals surface area contributed by atoms with Gasteiger partial charge in [-0.1, -0.05) is 0 Å². The molecule has 2 atom stereocenters. The van der Waals surface area contributed by atoms with Crippen LogP contribution in [0.5, 0.6) is 0 Å². The van der Waals surface area contributed by atoms with E-state index in [1.165, 1.54) is 4.90 Å². The van der Waals surface area contributed by atoms with Crippen molar-refractivity contribution >= 4 is 16.2 Å². The van der Waals surface area contributed by atoms with Crippen molar-refractivity contribution in [2.75, 3.05) is 26.0 Å². The number of ether oxygens (including phenoxy) is 2. The number of carbonyl (C=O) groups is 1. The fraction of sp³-hybridized carbons (Fsp3) is 0.923. The second-order valence-electron chi connectivity index (χ2n) is 6.10. The summed E-state index contributed by atoms with van der Waals surface area (Å²) in [6, 6.07) is -0.244. The van der Waals surface area contributed by atoms with Gasteiger partial charge in [-0.2, -0.15) is 8.42 Å². The van der Waals surface area contributed by atoms with E-state index in [2.05, 4.69) is 0 Å². The van der Waals surface area contributed by atoms with Crippen LogP contribution in [0.15, 0.2) is 0 Å². The van der Waals surface area contributed by atoms with E-state index >= 15 is 0 Å². The number of amides is 1. The van der Waals surface area contributed by atoms with Gasteiger partial charge in [0.05, 0.1) is 31.6 Å². The average Bonchev–Trinajstić information content (AvgIpc) is 2.64. The molecule has 0 aromatic carbocycles. The highest BCUT2D eigenvalue weighted by atomic mass is 32.2. The minimum Gasteiger partial charge on any atom is -0.444 e. The van der Waals surface area contributed by atoms with Crippen LogP contribution in [0.3, 0.4) is 0 Å². The molecule has 1 aliphatic heterocycles. The Morgan fingerprint density at radius 2 is 1.95 bits per heavy atom. The minimum absolute atomic E-state index is 0.180. The Balaban J connectivity index is 2.75. The van der Waals surface area contributed by atoms with E-state index in [-0.39, 0.29) is 12.6 Å². The third-order valence-electron chi connectivity index (χ3n) is 2.83. The number of rotatable bonds is 5. The number of hydrogen-bond acceptors (Lipinski definition) is 6. The molecule has 1 rings (SSSR count). The van der Waals surface area contributed by atoms with E-state index in [0.29, 0.717) is 19.6 Å². The van der Waals surface area contributed by atoms with Gasteiger partial charge in [0.2, 0.25) is 0 Å². The molecule has 0 aromatic heterocycles. The summed E-state index contributed by atoms with van der Waals surface area (Å²) in [6.07, 6.45) is 0.372. The van der Waals surface area contributed by atoms with Crippen molar-refractivity contribution in [3.63, 3.8) is 0 Å². The molecule has 1 aliphatic rings. The first kappa shape index (κ1) is 18.2. The summed E-state index contributed by atoms with van der Waals surface area (Å²) in [6.45, 7) is 8.24. The topological polar surface area (TPSA) is 82.1 Å². The zero-order valence-corrected chi connectivity index (χ0v) is 14.1. The third-order valence-corrected chi connectivity index (χ3v) is 3.45. The summed E-state index contributed by atoms with van der Waals surface area (Å²) in [5.74, 6) is 0. The molecule has 0 aliphatic carbocycles. The van der Waals surface area contributed by atoms with Crippen LogP contribution in [0.1, 0.15) is 34.1 Å². The van der Waals surface area contributed by atoms with Crippen LogP contribution in [0.25, 0.3) is 0 Å². The molecule has 1 saturated heterocycles. The zero-order valence-electron chi connectivity index (χ0n) is 13.3. The maximum atomic E-state index is 12.2. The predicted molar refractivity (Wildman–Crippen MR) is 77.6 cm³/mol. The summed E-state index contributed by atoms with van der Waals surface area (Å²) < 4.78 is 38.1. The van der Waals surface area contributed by atoms with Gasteiger partial charge in [-0.25, -0.2) is 4.79 Å². The molecule has 0 saturated carbocycles. The van der Waals surface area contributed by atoms with Crippen molar-refractivity contribution < 1.29 is 26.9 Å². The minimum atomic E-state index is -3.56. The SMILES string of the molecule is CCOC[C@H]1C[C@H](OS(C)(=O)=O)CN1C(=O)OC(C)(C)C. The highest BCUT2D eigenvalue weighted by Crippen LogP contribution is 2.24. The van der Waals surface area contributed by atoms with E-state index in [4.69, 9.17) is 13.7 Å². The highest BCUT2D eigenvalue weighted by Gasteiger charge is 2.39. The Labute approximate surface area is 126 Å². The molecule has 1 heterocycles. The highest BCUT2D eigenvalue weighted by molar-refractivity contribution is 7.86. The normalized spacial score (nSPS) is 23.4. The van der Waals surface area contributed by atoms with Crippen LogP contribution in [-0.2, 0) is 23.8 Å². The Bertz CT molecular complexity index is 456. The molecule has 0 bridgehead atoms. The van der Waals surface area contributed by atoms with Gasteiger partial charge >= 0.3 is 6.09 Å². The molecule has 0 N–H and O–H groups in total. The summed E-state index contributed by atoms with van der Waals surface area (Å²) in [7, 11) is -3.56. The lowest BCUT2D eigenvalue weighted by Crippen LogP contribution is -2.42. The third kappa shape index (κ3) is 6.62. The van der Waals surface area contributed by atoms with Crippen LogP contribution in [-0.4, -0.2) is 63.2 Å². The van der Waals surface area contributed by atoms with E-state index in [1.54, 1.807) is 20.8 Å². The smallest absolute Gasteiger partial charge is 0.410 e. The van der Waals surface area contributed by atoms with Crippen molar-refractivity contribution in [1.29, 1.82) is 0 Å². The second-order valence-corrected chi connectivity index (χ2v) is 7.70. The molecule has 7 nitrogen and oxygen atoms in total. The van der Waals surface area contributed by atoms with Crippen molar-refractivity contribution in [1.82, 2.24) is 4.90 Å². The van der Waals surface area contributed by atoms with E-state index in [9.17, 15) is 13.2 Å². The maximum absolute atomic E-state index is 12.2. The van der Waals surface area contributed by atoms with Gasteiger partial charge in [0.15, 0.2) is 0 Å². The largest absolute Gasteiger partial charge is 0.444 e. The summed E-state index contributed by atoms with van der Waals surface area (Å²) in [5, 5.41) is 0. The Morgan fingerprint density at radius 3 is 2.43 bits per heavy atom. The summed E-state index contributed by atoms with van der Waals surface area (Å²) >= 11 is 0. The van der Waals surface area contributed by atoms with E-state index < -0.39 is 27.9 Å². The number of likely N-dealkylation sites (tertiary alicyclic amines) is 1. The van der Waals surface area contributed by atoms with Gasteiger partial charge in [-0.3, -0.25) is 4.18 Å². The van der Waals surface area contributed by atoms with Gasteiger partial charge in [0, 0.05) is 6.61 Å². The standard InChI is InChI=1S/C13H25NO6S/c1-6-18-9-10-7-11(20-21(5,16)17)8-14(10)12(15)19-13(2,3)4/h10-11H,6-9H2,1-5H3/t10-,11+/m1/s1. The molecule has 124 valence electrons. The maximum Gasteiger partial charge on any atom is 0.410 e. The van der Waals surface area contributed by atoms with Crippen LogP contribution in [0.4, 0.5) is 4.79 Å². The van der Waals surface area contributed by atoms with Crippen LogP contribution < -0.4 is 0 Å². The molecule has 1 fully saturated rings. The van der Waals surface area contributed by atoms with Crippen molar-refractivity contribution in [3.05, 3.63) is 0 Å². The van der Waals surface area contributed by atoms with Gasteiger partial charge in [-0.15, -0.1) is 0 Å². The van der Waals surface area contributed by atoms with E-state index in [0.717, 1.165) is 6.26 Å². The van der Waals surface area contributed by atoms with Crippen molar-refractivity contribution in [2.45, 2.75) is 51.9 Å². The molecule has 21 heavy (non-hydrogen) atoms. The van der Waals surface area contributed by atoms with E-state index in [1.807, 2.05) is 6.92 Å². The Morgan fingerprint density at radius 1 is 1.33 bits per heavy atom. The molecule has 1 amide bonds. The van der Waals surface area contributed by atoms with Crippen LogP contribution in [0, 0.1) is 0 Å². The summed E-state index contributed by atoms with van der Waals surface area (Å²) in [5.41, 5.74) is -0.608. The van der Waals surface area contributed by atoms with Crippen LogP contribution in [0.2, 0.25) is 0 Å². The predicted octanol–water partition coefficient (Wildman–Crippen LogP) is 1.38. The molecule has 0 aromatic rings. The molecular weight excluding hydrogens is 298 g/mol. The lowest BCUT2D eigenvalue weighted by atomic mass is 10.2. The molecule has 0 spiro atoms. The summed E-state index contributed by atoms with van der Waals surface area (Å²) in [4.78, 5) is 13.7. The molecule has 8 heteroatoms. The number of nitrogens with zero attached hydrogens (tertiary/aromatic N) is 1. The number of hydrogen-bond donors (Lipinski definition) is 0. The average molecular weight is 323 g/mol. The molecule has 0 unspecified atom stereocenters. The first-order chi connectivity index (χ1) is 9.52. The first-order valence-electron chi connectivity index (χ1n) is 6.97. The zero-order chi connectivity index (χ0) is 16.3. The second kappa shape index (κ2) is 6.93. The lowest BCUT2D eigenvalue weighted by molar-refractivity contribution is 0.0110. The monoisotopic (exact) mass is 323 g/mol. The lowest BCUT2D eigenvalue weighted by Gasteiger charge is -2.28. The Kier molecular flexibility index (Phi) is 6.01. The first-order valence-corrected chi connectivity index (χ1v) is 8.79. The Hall–Kier alpha value is -0.860. The van der Waals surface area contributed by atoms with Gasteiger partial charge in [-0.05, 0) is 34.1 Å². The molecular formula is C13H25NO6S. The fourth-order valence-electron chi connectivity index (χ4n) is 2.15. The molecule has 0 radical (unpaired) electrons. The van der Waals surface area contributed by atoms with Crippen molar-refractivity contribution in [3.8, 4) is 0 Å². The van der Waals surface area contributed by atoms with Gasteiger partial charge in [0.1, 0.15) is 5.60 Å². The van der Waals surface area contributed by atoms with Gasteiger partial charge < -0.3 is 14.4 Å². The fourth-order valence-corrected chi connectivity index (χ4v) is 2.78. The van der Waals surface area contributed by atoms with Gasteiger partial charge in [0.25, 0.3) is 10.1 Å². The van der Waals surface area contributed by atoms with Crippen molar-refractivity contribution in [2.24, 2.45) is 0 Å². The quantitative estimate of drug-likeness (QED) is 0.711. The van der Waals surface area contributed by atoms with Crippen LogP contribution >= 0.6 is 0 Å². The number of carbonyl (C=O) groups excluding carboxylic acids is 1.